The fourth-order valence-electron chi connectivity index (χ4n) is 0. The minimum atomic E-state index is -0.426. The number of Topliss-reactive ketones (excluding diaryl/α,β-unsaturated/α-hetero) is 1. The molecule has 0 aliphatic rings. The molecule has 0 aliphatic heterocycles. The molecular formula is C3H8O2Sn. The summed E-state index contributed by atoms with van der Waals surface area (Å²) in [6.07, 6.45) is 0.278. The molecule has 0 N–H and O–H groups in total. The van der Waals surface area contributed by atoms with Crippen molar-refractivity contribution in [1.82, 2.24) is 0 Å². The normalized spacial score (nSPS) is 5.50. The van der Waals surface area contributed by atoms with Crippen LogP contribution in [0.2, 0.25) is 0 Å². The average molecular weight is 195 g/mol. The van der Waals surface area contributed by atoms with Crippen LogP contribution in [0.4, 0.5) is 0 Å². The van der Waals surface area contributed by atoms with E-state index in [4.69, 9.17) is 4.79 Å². The zero-order valence-corrected chi connectivity index (χ0v) is 2.89. The van der Waals surface area contributed by atoms with E-state index in [1.165, 1.54) is 6.92 Å². The number of ketones is 1. The molecule has 0 bridgehead atoms. The van der Waals surface area contributed by atoms with Gasteiger partial charge in [0.05, 0.1) is 0 Å². The first-order valence-corrected chi connectivity index (χ1v) is 1.23. The summed E-state index contributed by atoms with van der Waals surface area (Å²) >= 11 is 0. The van der Waals surface area contributed by atoms with Gasteiger partial charge in [0.2, 0.25) is 0 Å². The molecule has 0 atom stereocenters. The number of aldehydes is 1. The number of carbonyl (C=O) groups excluding carboxylic acids is 2. The van der Waals surface area contributed by atoms with Gasteiger partial charge in [0.25, 0.3) is 0 Å². The van der Waals surface area contributed by atoms with Crippen LogP contribution in [0.25, 0.3) is 0 Å². The van der Waals surface area contributed by atoms with Gasteiger partial charge in [0, 0.05) is 6.92 Å². The van der Waals surface area contributed by atoms with E-state index in [0.29, 0.717) is 0 Å². The van der Waals surface area contributed by atoms with Crippen molar-refractivity contribution in [3.8, 4) is 0 Å². The molecule has 0 heterocycles. The zero-order valence-electron chi connectivity index (χ0n) is 2.89. The molecule has 0 radical (unpaired) electrons. The monoisotopic (exact) mass is 196 g/mol. The van der Waals surface area contributed by atoms with E-state index in [1.807, 2.05) is 0 Å². The van der Waals surface area contributed by atoms with Gasteiger partial charge in [0.1, 0.15) is 0 Å². The van der Waals surface area contributed by atoms with Crippen LogP contribution in [0.3, 0.4) is 0 Å². The van der Waals surface area contributed by atoms with E-state index in [0.717, 1.165) is 0 Å². The summed E-state index contributed by atoms with van der Waals surface area (Å²) in [6.45, 7) is 1.22. The molecule has 6 heavy (non-hydrogen) atoms. The Hall–Kier alpha value is 0.139. The Bertz CT molecular complexity index is 59.8. The van der Waals surface area contributed by atoms with E-state index in [1.54, 1.807) is 0 Å². The second kappa shape index (κ2) is 5.14. The Kier molecular flexibility index (Phi) is 8.11. The predicted octanol–water partition coefficient (Wildman–Crippen LogP) is -1.68. The Morgan fingerprint density at radius 2 is 1.83 bits per heavy atom. The van der Waals surface area contributed by atoms with Crippen molar-refractivity contribution in [2.24, 2.45) is 0 Å². The van der Waals surface area contributed by atoms with Crippen LogP contribution in [0.1, 0.15) is 6.92 Å². The maximum atomic E-state index is 9.44. The first-order chi connectivity index (χ1) is 2.27. The van der Waals surface area contributed by atoms with Gasteiger partial charge in [0.15, 0.2) is 12.1 Å². The van der Waals surface area contributed by atoms with Gasteiger partial charge in [-0.25, -0.2) is 0 Å². The number of hydrogen-bond donors (Lipinski definition) is 0. The molecule has 0 saturated carbocycles. The van der Waals surface area contributed by atoms with E-state index in [2.05, 4.69) is 0 Å². The second-order valence-corrected chi connectivity index (χ2v) is 0.729. The molecule has 0 aromatic carbocycles. The van der Waals surface area contributed by atoms with E-state index in [-0.39, 0.29) is 30.2 Å². The van der Waals surface area contributed by atoms with E-state index in [9.17, 15) is 4.79 Å². The van der Waals surface area contributed by atoms with Crippen LogP contribution in [0, 0.1) is 0 Å². The topological polar surface area (TPSA) is 34.1 Å². The summed E-state index contributed by atoms with van der Waals surface area (Å²) in [5.74, 6) is -0.426. The molecule has 0 aromatic rings. The Morgan fingerprint density at radius 1 is 1.67 bits per heavy atom. The molecule has 0 saturated heterocycles. The number of carbonyl (C=O) groups is 2. The summed E-state index contributed by atoms with van der Waals surface area (Å²) in [7, 11) is 0. The van der Waals surface area contributed by atoms with E-state index >= 15 is 0 Å². The maximum absolute atomic E-state index is 9.44. The molecule has 36 valence electrons. The number of rotatable bonds is 1. The summed E-state index contributed by atoms with van der Waals surface area (Å²) in [4.78, 5) is 18.6. The molecular weight excluding hydrogens is 187 g/mol. The van der Waals surface area contributed by atoms with Crippen molar-refractivity contribution >= 4 is 36.0 Å². The van der Waals surface area contributed by atoms with Crippen LogP contribution >= 0.6 is 0 Å². The van der Waals surface area contributed by atoms with Crippen molar-refractivity contribution in [3.05, 3.63) is 0 Å². The van der Waals surface area contributed by atoms with Crippen LogP contribution < -0.4 is 0 Å². The Labute approximate surface area is 52.9 Å². The van der Waals surface area contributed by atoms with Crippen molar-refractivity contribution in [3.63, 3.8) is 0 Å². The predicted molar refractivity (Wildman–Crippen MR) is 28.1 cm³/mol. The minimum absolute atomic E-state index is 0. The van der Waals surface area contributed by atoms with Gasteiger partial charge in [-0.2, -0.15) is 0 Å². The average Bonchev–Trinajstić information content (AvgIpc) is 1.38. The van der Waals surface area contributed by atoms with Crippen LogP contribution in [0.15, 0.2) is 0 Å². The van der Waals surface area contributed by atoms with Gasteiger partial charge < -0.3 is 0 Å². The van der Waals surface area contributed by atoms with Crippen LogP contribution in [0.5, 0.6) is 0 Å². The van der Waals surface area contributed by atoms with Crippen molar-refractivity contribution in [2.45, 2.75) is 6.92 Å². The molecule has 0 unspecified atom stereocenters. The first-order valence-electron chi connectivity index (χ1n) is 1.23. The number of hydrogen-bond acceptors (Lipinski definition) is 2. The first kappa shape index (κ1) is 9.46. The Balaban J connectivity index is 0. The SMILES string of the molecule is CC(=O)C=O.[SnH4]. The van der Waals surface area contributed by atoms with Crippen molar-refractivity contribution < 1.29 is 9.59 Å². The van der Waals surface area contributed by atoms with Crippen LogP contribution in [-0.4, -0.2) is 36.0 Å². The van der Waals surface area contributed by atoms with E-state index < -0.39 is 5.78 Å². The standard InChI is InChI=1S/C3H4O2.Sn.4H/c1-3(5)2-4;;;;;/h2H,1H3;;;;;. The van der Waals surface area contributed by atoms with Gasteiger partial charge in [-0.1, -0.05) is 0 Å². The molecule has 2 nitrogen and oxygen atoms in total. The van der Waals surface area contributed by atoms with Gasteiger partial charge >= 0.3 is 23.9 Å². The molecule has 0 aliphatic carbocycles. The summed E-state index contributed by atoms with van der Waals surface area (Å²) < 4.78 is 0. The summed E-state index contributed by atoms with van der Waals surface area (Å²) in [5, 5.41) is 0. The molecule has 0 fully saturated rings. The van der Waals surface area contributed by atoms with Gasteiger partial charge in [-0.3, -0.25) is 9.59 Å². The fourth-order valence-corrected chi connectivity index (χ4v) is 0. The Morgan fingerprint density at radius 3 is 1.83 bits per heavy atom. The van der Waals surface area contributed by atoms with Crippen molar-refractivity contribution in [2.75, 3.05) is 0 Å². The third-order valence-corrected chi connectivity index (χ3v) is 0.166. The molecule has 0 amide bonds. The molecule has 0 spiro atoms. The zero-order chi connectivity index (χ0) is 4.28. The second-order valence-electron chi connectivity index (χ2n) is 0.729. The third kappa shape index (κ3) is 8.91. The van der Waals surface area contributed by atoms with Crippen molar-refractivity contribution in [1.29, 1.82) is 0 Å². The fraction of sp³-hybridized carbons (Fsp3) is 0.333. The van der Waals surface area contributed by atoms with Gasteiger partial charge in [-0.05, 0) is 0 Å². The molecule has 3 heteroatoms. The molecule has 0 aromatic heterocycles. The molecule has 0 rings (SSSR count). The van der Waals surface area contributed by atoms with Gasteiger partial charge in [-0.15, -0.1) is 0 Å². The summed E-state index contributed by atoms with van der Waals surface area (Å²) in [6, 6.07) is 0. The van der Waals surface area contributed by atoms with Crippen LogP contribution in [-0.2, 0) is 9.59 Å². The third-order valence-electron chi connectivity index (χ3n) is 0.166. The summed E-state index contributed by atoms with van der Waals surface area (Å²) in [5.41, 5.74) is 0. The quantitative estimate of drug-likeness (QED) is 0.284.